The van der Waals surface area contributed by atoms with E-state index in [-0.39, 0.29) is 74.8 Å². The van der Waals surface area contributed by atoms with Crippen LogP contribution in [0.1, 0.15) is 171 Å². The Bertz CT molecular complexity index is 1130. The molecule has 15 nitrogen and oxygen atoms in total. The van der Waals surface area contributed by atoms with Crippen LogP contribution in [-0.2, 0) is 38.2 Å². The predicted octanol–water partition coefficient (Wildman–Crippen LogP) is 5.93. The summed E-state index contributed by atoms with van der Waals surface area (Å²) < 4.78 is 18.4. The number of rotatable bonds is 45. The van der Waals surface area contributed by atoms with Crippen LogP contribution in [0.5, 0.6) is 0 Å². The third-order valence-corrected chi connectivity index (χ3v) is 10.5. The highest BCUT2D eigenvalue weighted by Gasteiger charge is 2.32. The van der Waals surface area contributed by atoms with E-state index in [1.165, 1.54) is 0 Å². The fraction of sp³-hybridized carbons (Fsp3) is 0.898. The van der Waals surface area contributed by atoms with Gasteiger partial charge in [0.1, 0.15) is 0 Å². The first-order valence-corrected chi connectivity index (χ1v) is 25.2. The largest absolute Gasteiger partial charge is 0.379 e. The summed E-state index contributed by atoms with van der Waals surface area (Å²) in [6.07, 6.45) is 14.4. The Kier molecular flexibility index (Phi) is 39.7. The molecule has 64 heavy (non-hydrogen) atoms. The van der Waals surface area contributed by atoms with Crippen LogP contribution >= 0.6 is 0 Å². The highest BCUT2D eigenvalue weighted by atomic mass is 16.5. The molecule has 15 heteroatoms. The van der Waals surface area contributed by atoms with Gasteiger partial charge in [-0.25, -0.2) is 0 Å². The normalized spacial score (nSPS) is 11.8. The van der Waals surface area contributed by atoms with E-state index in [1.54, 1.807) is 0 Å². The van der Waals surface area contributed by atoms with Crippen LogP contribution in [0.15, 0.2) is 0 Å². The van der Waals surface area contributed by atoms with Gasteiger partial charge in [-0.3, -0.25) is 24.0 Å². The van der Waals surface area contributed by atoms with Crippen molar-refractivity contribution < 1.29 is 38.2 Å². The predicted molar refractivity (Wildman–Crippen MR) is 259 cm³/mol. The van der Waals surface area contributed by atoms with Gasteiger partial charge >= 0.3 is 0 Å². The second-order valence-electron chi connectivity index (χ2n) is 19.1. The SMILES string of the molecule is CC(C)CCCCC(=O)NCCCNCCCOCC(COCCC(=O)NCCCNC(=O)CCCCC(C)C)(COCCC(=O)NCCCNC(=O)CCCCC(C)C)NC(C)C. The zero-order valence-corrected chi connectivity index (χ0v) is 42.0. The van der Waals surface area contributed by atoms with Gasteiger partial charge in [0.05, 0.1) is 38.6 Å². The summed E-state index contributed by atoms with van der Waals surface area (Å²) in [5.41, 5.74) is -0.721. The topological polar surface area (TPSA) is 197 Å². The van der Waals surface area contributed by atoms with Gasteiger partial charge in [-0.05, 0) is 75.8 Å². The average molecular weight is 912 g/mol. The van der Waals surface area contributed by atoms with Crippen LogP contribution < -0.4 is 37.2 Å². The van der Waals surface area contributed by atoms with Gasteiger partial charge in [-0.15, -0.1) is 0 Å². The second-order valence-corrected chi connectivity index (χ2v) is 19.1. The summed E-state index contributed by atoms with van der Waals surface area (Å²) >= 11 is 0. The molecule has 5 amide bonds. The molecule has 376 valence electrons. The molecule has 0 saturated heterocycles. The number of hydrogen-bond donors (Lipinski definition) is 7. The molecule has 0 radical (unpaired) electrons. The van der Waals surface area contributed by atoms with E-state index in [4.69, 9.17) is 14.2 Å². The van der Waals surface area contributed by atoms with E-state index in [0.29, 0.717) is 95.8 Å². The molecular weight excluding hydrogens is 815 g/mol. The molecule has 0 aliphatic heterocycles. The van der Waals surface area contributed by atoms with E-state index in [9.17, 15) is 24.0 Å². The van der Waals surface area contributed by atoms with E-state index < -0.39 is 5.54 Å². The number of ether oxygens (including phenoxy) is 3. The molecule has 0 aliphatic carbocycles. The van der Waals surface area contributed by atoms with Crippen molar-refractivity contribution in [3.05, 3.63) is 0 Å². The Balaban J connectivity index is 4.81. The lowest BCUT2D eigenvalue weighted by Crippen LogP contribution is -2.59. The first-order valence-electron chi connectivity index (χ1n) is 25.2. The molecule has 0 fully saturated rings. The number of amides is 5. The number of carbonyl (C=O) groups is 5. The van der Waals surface area contributed by atoms with E-state index in [0.717, 1.165) is 83.7 Å². The van der Waals surface area contributed by atoms with Crippen molar-refractivity contribution in [2.45, 2.75) is 183 Å². The molecule has 0 unspecified atom stereocenters. The van der Waals surface area contributed by atoms with Gasteiger partial charge in [0.15, 0.2) is 0 Å². The molecule has 0 aromatic heterocycles. The Labute approximate surface area is 389 Å². The number of nitrogens with one attached hydrogen (secondary N) is 7. The zero-order valence-electron chi connectivity index (χ0n) is 42.0. The van der Waals surface area contributed by atoms with Gasteiger partial charge in [0.2, 0.25) is 29.5 Å². The van der Waals surface area contributed by atoms with Crippen LogP contribution in [-0.4, -0.2) is 127 Å². The quantitative estimate of drug-likeness (QED) is 0.0360. The van der Waals surface area contributed by atoms with E-state index in [1.807, 2.05) is 13.8 Å². The average Bonchev–Trinajstić information content (AvgIpc) is 3.23. The molecule has 0 aliphatic rings. The highest BCUT2D eigenvalue weighted by Crippen LogP contribution is 2.13. The van der Waals surface area contributed by atoms with Crippen LogP contribution in [0.2, 0.25) is 0 Å². The fourth-order valence-electron chi connectivity index (χ4n) is 6.90. The molecule has 0 heterocycles. The van der Waals surface area contributed by atoms with Gasteiger partial charge < -0.3 is 51.4 Å². The number of unbranched alkanes of at least 4 members (excludes halogenated alkanes) is 3. The molecule has 0 aromatic carbocycles. The Hall–Kier alpha value is -2.85. The van der Waals surface area contributed by atoms with Crippen molar-refractivity contribution in [1.29, 1.82) is 0 Å². The van der Waals surface area contributed by atoms with Crippen LogP contribution in [0.25, 0.3) is 0 Å². The summed E-state index contributed by atoms with van der Waals surface area (Å²) in [4.78, 5) is 61.4. The van der Waals surface area contributed by atoms with Gasteiger partial charge in [0.25, 0.3) is 0 Å². The molecule has 0 rings (SSSR count). The lowest BCUT2D eigenvalue weighted by atomic mass is 10.0. The Morgan fingerprint density at radius 1 is 0.375 bits per heavy atom. The first kappa shape index (κ1) is 61.1. The summed E-state index contributed by atoms with van der Waals surface area (Å²) in [5, 5.41) is 21.7. The van der Waals surface area contributed by atoms with Crippen LogP contribution in [0.4, 0.5) is 0 Å². The van der Waals surface area contributed by atoms with Crippen LogP contribution in [0, 0.1) is 17.8 Å². The molecule has 0 bridgehead atoms. The maximum absolute atomic E-state index is 12.6. The molecular formula is C49H97N7O8. The third-order valence-electron chi connectivity index (χ3n) is 10.5. The molecule has 0 atom stereocenters. The maximum atomic E-state index is 12.6. The minimum Gasteiger partial charge on any atom is -0.379 e. The number of carbonyl (C=O) groups excluding carboxylic acids is 5. The first-order chi connectivity index (χ1) is 30.6. The standard InChI is InChI=1S/C49H97N7O8/c1-40(2)19-9-12-22-44(57)51-29-15-27-50-28-18-34-62-37-49(56-43(7)8,38-63-35-25-47(60)54-32-16-30-52-45(58)23-13-10-20-41(3)4)39-64-36-26-48(61)55-33-17-31-53-46(59)24-14-11-21-42(5)6/h40-43,50,56H,9-39H2,1-8H3,(H,51,57)(H,52,58)(H,53,59)(H,54,60)(H,55,61). The summed E-state index contributed by atoms with van der Waals surface area (Å²) in [7, 11) is 0. The van der Waals surface area contributed by atoms with Crippen molar-refractivity contribution in [2.24, 2.45) is 17.8 Å². The molecule has 7 N–H and O–H groups in total. The van der Waals surface area contributed by atoms with Gasteiger partial charge in [-0.2, -0.15) is 0 Å². The Morgan fingerprint density at radius 2 is 0.688 bits per heavy atom. The van der Waals surface area contributed by atoms with Crippen LogP contribution in [0.3, 0.4) is 0 Å². The highest BCUT2D eigenvalue weighted by molar-refractivity contribution is 5.77. The smallest absolute Gasteiger partial charge is 0.222 e. The zero-order chi connectivity index (χ0) is 47.7. The minimum absolute atomic E-state index is 0.0583. The van der Waals surface area contributed by atoms with Crippen molar-refractivity contribution in [3.8, 4) is 0 Å². The van der Waals surface area contributed by atoms with Crippen molar-refractivity contribution in [3.63, 3.8) is 0 Å². The lowest BCUT2D eigenvalue weighted by Gasteiger charge is -2.36. The van der Waals surface area contributed by atoms with Gasteiger partial charge in [-0.1, -0.05) is 93.9 Å². The minimum atomic E-state index is -0.721. The van der Waals surface area contributed by atoms with E-state index in [2.05, 4.69) is 78.8 Å². The van der Waals surface area contributed by atoms with Crippen molar-refractivity contribution in [2.75, 3.05) is 85.5 Å². The van der Waals surface area contributed by atoms with E-state index >= 15 is 0 Å². The molecule has 0 saturated carbocycles. The summed E-state index contributed by atoms with van der Waals surface area (Å²) in [6, 6.07) is 0.0747. The molecule has 0 spiro atoms. The lowest BCUT2D eigenvalue weighted by molar-refractivity contribution is -0.123. The summed E-state index contributed by atoms with van der Waals surface area (Å²) in [5.74, 6) is 1.98. The van der Waals surface area contributed by atoms with Gasteiger partial charge in [0, 0.05) is 77.5 Å². The monoisotopic (exact) mass is 912 g/mol. The third kappa shape index (κ3) is 41.8. The maximum Gasteiger partial charge on any atom is 0.222 e. The Morgan fingerprint density at radius 3 is 1.03 bits per heavy atom. The summed E-state index contributed by atoms with van der Waals surface area (Å²) in [6.45, 7) is 23.2. The number of hydrogen-bond acceptors (Lipinski definition) is 10. The molecule has 0 aromatic rings. The van der Waals surface area contributed by atoms with Crippen molar-refractivity contribution >= 4 is 29.5 Å². The fourth-order valence-corrected chi connectivity index (χ4v) is 6.90. The second kappa shape index (κ2) is 41.6. The van der Waals surface area contributed by atoms with Crippen molar-refractivity contribution in [1.82, 2.24) is 37.2 Å².